The summed E-state index contributed by atoms with van der Waals surface area (Å²) in [5.74, 6) is 0. The van der Waals surface area contributed by atoms with Gasteiger partial charge in [-0.05, 0) is 60.0 Å². The molecule has 0 aliphatic carbocycles. The largest absolute Gasteiger partial charge is 0.433 e. The molecule has 0 heterocycles. The first kappa shape index (κ1) is 33.2. The van der Waals surface area contributed by atoms with E-state index in [1.165, 1.54) is 0 Å². The Morgan fingerprint density at radius 2 is 0.674 bits per heavy atom. The predicted octanol–water partition coefficient (Wildman–Crippen LogP) is 6.13. The van der Waals surface area contributed by atoms with Crippen LogP contribution in [0.15, 0.2) is 146 Å². The topological polar surface area (TPSA) is 36.9 Å². The first-order valence-corrected chi connectivity index (χ1v) is 27.1. The Bertz CT molecular complexity index is 1400. The molecule has 0 aliphatic heterocycles. The lowest BCUT2D eigenvalue weighted by atomic mass is 10.4. The van der Waals surface area contributed by atoms with Crippen molar-refractivity contribution < 1.29 is 16.5 Å². The monoisotopic (exact) mass is 656 g/mol. The van der Waals surface area contributed by atoms with E-state index in [0.717, 1.165) is 20.7 Å². The summed E-state index contributed by atoms with van der Waals surface area (Å²) < 4.78 is 29.8. The highest BCUT2D eigenvalue weighted by Crippen LogP contribution is 2.27. The average Bonchev–Trinajstić information content (AvgIpc) is 3.01. The number of rotatable bonds is 14. The Balaban J connectivity index is 2.10. The van der Waals surface area contributed by atoms with E-state index in [1.54, 1.807) is 0 Å². The molecule has 0 radical (unpaired) electrons. The molecule has 0 aliphatic rings. The fourth-order valence-corrected chi connectivity index (χ4v) is 26.8. The minimum absolute atomic E-state index is 1.01. The van der Waals surface area contributed by atoms with Crippen LogP contribution in [0, 0.1) is 0 Å². The number of hydrogen-bond acceptors (Lipinski definition) is 4. The predicted molar refractivity (Wildman–Crippen MR) is 193 cm³/mol. The third-order valence-electron chi connectivity index (χ3n) is 7.19. The van der Waals surface area contributed by atoms with Gasteiger partial charge < -0.3 is 16.5 Å². The SMILES string of the molecule is C=C[Si](C)(C)O[Si](C)(C)O[Si](O[Si](O[Si](C)(C)C=C)(c1ccccc1)c1ccccc1)(c1ccccc1)c1ccccc1. The van der Waals surface area contributed by atoms with E-state index in [1.807, 2.05) is 35.7 Å². The maximum atomic E-state index is 7.96. The van der Waals surface area contributed by atoms with Gasteiger partial charge in [-0.15, -0.1) is 13.2 Å². The zero-order valence-corrected chi connectivity index (χ0v) is 31.2. The molecule has 43 heavy (non-hydrogen) atoms. The van der Waals surface area contributed by atoms with Gasteiger partial charge in [0.25, 0.3) is 0 Å². The van der Waals surface area contributed by atoms with Gasteiger partial charge in [0, 0.05) is 0 Å². The molecule has 0 bridgehead atoms. The van der Waals surface area contributed by atoms with Crippen LogP contribution in [-0.4, -0.2) is 42.3 Å². The molecule has 0 N–H and O–H groups in total. The fraction of sp³-hybridized carbons (Fsp3) is 0.176. The van der Waals surface area contributed by atoms with Crippen LogP contribution >= 0.6 is 0 Å². The van der Waals surface area contributed by atoms with Crippen molar-refractivity contribution in [2.45, 2.75) is 39.3 Å². The van der Waals surface area contributed by atoms with Gasteiger partial charge in [0.05, 0.1) is 0 Å². The van der Waals surface area contributed by atoms with Crippen LogP contribution in [0.25, 0.3) is 0 Å². The van der Waals surface area contributed by atoms with Crippen LogP contribution in [0.3, 0.4) is 0 Å². The molecule has 0 saturated carbocycles. The minimum atomic E-state index is -3.56. The van der Waals surface area contributed by atoms with Crippen molar-refractivity contribution in [3.63, 3.8) is 0 Å². The van der Waals surface area contributed by atoms with Crippen LogP contribution in [0.4, 0.5) is 0 Å². The van der Waals surface area contributed by atoms with E-state index in [4.69, 9.17) is 16.5 Å². The standard InChI is InChI=1S/C34H44O4Si5/c1-9-39(3,4)35-41(7,8)37-43(33-27-19-13-20-28-33,34-29-21-14-22-30-34)38-42(36-40(5,6)10-2,31-23-15-11-16-24-31)32-25-17-12-18-26-32/h9-30H,1-2H2,3-8H3. The van der Waals surface area contributed by atoms with Crippen molar-refractivity contribution in [1.82, 2.24) is 0 Å². The average molecular weight is 657 g/mol. The van der Waals surface area contributed by atoms with Gasteiger partial charge in [-0.3, -0.25) is 0 Å². The molecule has 0 fully saturated rings. The van der Waals surface area contributed by atoms with Crippen molar-refractivity contribution in [2.75, 3.05) is 0 Å². The molecule has 0 atom stereocenters. The second kappa shape index (κ2) is 13.5. The lowest BCUT2D eigenvalue weighted by Crippen LogP contribution is -2.78. The maximum absolute atomic E-state index is 7.96. The fourth-order valence-electron chi connectivity index (χ4n) is 5.13. The molecular weight excluding hydrogens is 613 g/mol. The second-order valence-electron chi connectivity index (χ2n) is 12.1. The van der Waals surface area contributed by atoms with E-state index in [0.29, 0.717) is 0 Å². The first-order valence-electron chi connectivity index (χ1n) is 14.7. The summed E-state index contributed by atoms with van der Waals surface area (Å²) in [6.07, 6.45) is 0. The Morgan fingerprint density at radius 3 is 0.977 bits per heavy atom. The Kier molecular flexibility index (Phi) is 10.4. The molecule has 4 nitrogen and oxygen atoms in total. The van der Waals surface area contributed by atoms with E-state index in [-0.39, 0.29) is 0 Å². The van der Waals surface area contributed by atoms with Crippen molar-refractivity contribution in [2.24, 2.45) is 0 Å². The van der Waals surface area contributed by atoms with Crippen molar-refractivity contribution in [3.8, 4) is 0 Å². The van der Waals surface area contributed by atoms with E-state index < -0.39 is 42.3 Å². The van der Waals surface area contributed by atoms with Crippen LogP contribution < -0.4 is 20.7 Å². The Morgan fingerprint density at radius 1 is 0.395 bits per heavy atom. The van der Waals surface area contributed by atoms with Crippen LogP contribution in [0.2, 0.25) is 39.3 Å². The van der Waals surface area contributed by atoms with E-state index in [9.17, 15) is 0 Å². The van der Waals surface area contributed by atoms with Gasteiger partial charge in [0.15, 0.2) is 8.32 Å². The van der Waals surface area contributed by atoms with Gasteiger partial charge in [-0.2, -0.15) is 0 Å². The maximum Gasteiger partial charge on any atom is 0.389 e. The molecule has 224 valence electrons. The molecule has 0 saturated heterocycles. The zero-order chi connectivity index (χ0) is 31.2. The molecule has 4 aromatic carbocycles. The number of benzene rings is 4. The smallest absolute Gasteiger partial charge is 0.389 e. The highest BCUT2D eigenvalue weighted by Gasteiger charge is 2.58. The Hall–Kier alpha value is -2.72. The van der Waals surface area contributed by atoms with Gasteiger partial charge in [0.1, 0.15) is 0 Å². The van der Waals surface area contributed by atoms with Crippen LogP contribution in [0.1, 0.15) is 0 Å². The lowest BCUT2D eigenvalue weighted by Gasteiger charge is -2.47. The molecule has 0 aromatic heterocycles. The molecule has 0 spiro atoms. The summed E-state index contributed by atoms with van der Waals surface area (Å²) in [7, 11) is -14.5. The number of hydrogen-bond donors (Lipinski definition) is 0. The summed E-state index contributed by atoms with van der Waals surface area (Å²) in [5.41, 5.74) is 3.95. The quantitative estimate of drug-likeness (QED) is 0.153. The molecular formula is C34H44O4Si5. The summed E-state index contributed by atoms with van der Waals surface area (Å²) in [4.78, 5) is 0. The molecule has 4 aromatic rings. The van der Waals surface area contributed by atoms with Gasteiger partial charge in [-0.1, -0.05) is 133 Å². The minimum Gasteiger partial charge on any atom is -0.433 e. The van der Waals surface area contributed by atoms with Crippen molar-refractivity contribution in [3.05, 3.63) is 146 Å². The van der Waals surface area contributed by atoms with E-state index >= 15 is 0 Å². The van der Waals surface area contributed by atoms with Gasteiger partial charge >= 0.3 is 25.7 Å². The lowest BCUT2D eigenvalue weighted by molar-refractivity contribution is 0.319. The van der Waals surface area contributed by atoms with Crippen LogP contribution in [-0.2, 0) is 16.5 Å². The molecule has 0 amide bonds. The summed E-state index contributed by atoms with van der Waals surface area (Å²) in [6, 6.07) is 41.7. The first-order chi connectivity index (χ1) is 20.4. The van der Waals surface area contributed by atoms with Crippen LogP contribution in [0.5, 0.6) is 0 Å². The molecule has 9 heteroatoms. The third-order valence-corrected chi connectivity index (χ3v) is 26.3. The van der Waals surface area contributed by atoms with Gasteiger partial charge in [0.2, 0.25) is 8.32 Å². The van der Waals surface area contributed by atoms with E-state index in [2.05, 4.69) is 150 Å². The summed E-state index contributed by atoms with van der Waals surface area (Å²) in [6.45, 7) is 21.2. The highest BCUT2D eigenvalue weighted by atomic mass is 28.5. The molecule has 0 unspecified atom stereocenters. The normalized spacial score (nSPS) is 13.0. The summed E-state index contributed by atoms with van der Waals surface area (Å²) in [5, 5.41) is 4.07. The second-order valence-corrected chi connectivity index (χ2v) is 30.2. The van der Waals surface area contributed by atoms with Gasteiger partial charge in [-0.25, -0.2) is 0 Å². The molecule has 4 rings (SSSR count). The zero-order valence-electron chi connectivity index (χ0n) is 26.2. The Labute approximate surface area is 263 Å². The highest BCUT2D eigenvalue weighted by molar-refractivity contribution is 7.09. The van der Waals surface area contributed by atoms with Crippen molar-refractivity contribution >= 4 is 63.1 Å². The van der Waals surface area contributed by atoms with Crippen molar-refractivity contribution in [1.29, 1.82) is 0 Å². The third kappa shape index (κ3) is 7.87. The summed E-state index contributed by atoms with van der Waals surface area (Å²) >= 11 is 0.